The Morgan fingerprint density at radius 1 is 0.783 bits per heavy atom. The van der Waals surface area contributed by atoms with Crippen LogP contribution in [0.1, 0.15) is 156 Å². The number of aromatic nitrogens is 10. The van der Waals surface area contributed by atoms with Gasteiger partial charge in [-0.1, -0.05) is 94.5 Å². The number of nitrogens with two attached hydrogens (primary N) is 2. The Balaban J connectivity index is 0.563. The second-order valence-electron chi connectivity index (χ2n) is 35.3. The van der Waals surface area contributed by atoms with Crippen LogP contribution in [0.15, 0.2) is 119 Å². The zero-order valence-electron chi connectivity index (χ0n) is 75.8. The molecule has 12 rings (SSSR count). The van der Waals surface area contributed by atoms with Gasteiger partial charge in [-0.2, -0.15) is 10.1 Å². The van der Waals surface area contributed by atoms with Crippen molar-refractivity contribution in [2.75, 3.05) is 110 Å². The number of methoxy groups -OCH3 is 2. The summed E-state index contributed by atoms with van der Waals surface area (Å²) in [6.45, 7) is 18.5. The number of piperidine rings is 1. The molecular weight excluding hydrogens is 1660 g/mol. The summed E-state index contributed by atoms with van der Waals surface area (Å²) in [7, 11) is 3.23. The average molecular weight is 1790 g/mol. The summed E-state index contributed by atoms with van der Waals surface area (Å²) in [6.07, 6.45) is 18.5. The van der Waals surface area contributed by atoms with Crippen LogP contribution in [0.3, 0.4) is 0 Å². The van der Waals surface area contributed by atoms with Gasteiger partial charge in [0.1, 0.15) is 53.5 Å². The number of hydrogen-bond acceptors (Lipinski definition) is 31. The van der Waals surface area contributed by atoms with Crippen LogP contribution in [-0.2, 0) is 92.9 Å². The molecule has 1 unspecified atom stereocenters. The standard InChI is InChI=1S/C94H130N16O19/c1-58-18-11-10-12-19-59(2)78(121-8)48-72-26-23-64(7)94(120,129-72)87(117)90(118)109-31-15-13-22-74(109)91(119)127-79(49-75(112)60(3)43-63(6)85(115)86(116)84(114)62(5)42-58)61(4)44-65-24-27-77(80(46-65)122-9)126-56-66-20-17-21-67(45-66)69-50-98-93(99-51-69)107-34-33-106(71(54-107)55-111)52-70-53-108(105-103-70)35-37-124-39-41-125-40-38-123-36-29-81(113)97-30-14-16-32-110-89-82(88(95)100-57-101-89)83(104-110)68-25-28-76-73(47-68)102-92(96)128-76/h10-12,17-21,25,28,43,45,47,50-51,53,57-58,60-62,64-65,71-72,74,77-80,85-86,111,115-116,120H,13-16,22-24,26-27,29-42,44,46,48-49,52,54-56H2,1-9H3,(H2,96,102)(H,97,113)(H2,95,100,101)/b12-10+,18-11+,59-19+,63-43+/t58-,60-,61-,62-,64-,65+,71?,72+,74+,77-,78+,79+,80-,85-,86+,94-/m1/s1. The number of cyclic esters (lactones) is 1. The van der Waals surface area contributed by atoms with Crippen LogP contribution in [0.25, 0.3) is 44.5 Å². The molecule has 0 radical (unpaired) electrons. The number of aryl methyl sites for hydroxylation is 1. The zero-order valence-corrected chi connectivity index (χ0v) is 75.8. The Bertz CT molecular complexity index is 5020. The van der Waals surface area contributed by atoms with Crippen LogP contribution in [0, 0.1) is 35.5 Å². The normalized spacial score (nSPS) is 27.7. The van der Waals surface area contributed by atoms with Crippen molar-refractivity contribution >= 4 is 75.0 Å². The maximum absolute atomic E-state index is 14.9. The molecule has 1 saturated carbocycles. The summed E-state index contributed by atoms with van der Waals surface area (Å²) in [5.74, 6) is -8.24. The van der Waals surface area contributed by atoms with Gasteiger partial charge >= 0.3 is 5.97 Å². The molecule has 4 fully saturated rings. The number of rotatable bonds is 31. The van der Waals surface area contributed by atoms with E-state index in [0.717, 1.165) is 52.8 Å². The zero-order chi connectivity index (χ0) is 91.8. The van der Waals surface area contributed by atoms with E-state index in [9.17, 15) is 49.2 Å². The lowest BCUT2D eigenvalue weighted by Crippen LogP contribution is -2.61. The van der Waals surface area contributed by atoms with Gasteiger partial charge in [0, 0.05) is 127 Å². The second kappa shape index (κ2) is 47.2. The van der Waals surface area contributed by atoms with Gasteiger partial charge in [0.2, 0.25) is 17.6 Å². The number of nitrogens with zero attached hydrogens (tertiary/aromatic N) is 13. The Morgan fingerprint density at radius 3 is 2.34 bits per heavy atom. The maximum atomic E-state index is 14.9. The lowest BCUT2D eigenvalue weighted by Gasteiger charge is -2.42. The average Bonchev–Trinajstić information content (AvgIpc) is 0.931. The third-order valence-electron chi connectivity index (χ3n) is 25.7. The van der Waals surface area contributed by atoms with E-state index >= 15 is 0 Å². The summed E-state index contributed by atoms with van der Waals surface area (Å²) in [5.41, 5.74) is 19.7. The predicted molar refractivity (Wildman–Crippen MR) is 480 cm³/mol. The number of aliphatic hydroxyl groups excluding tert-OH is 3. The second-order valence-corrected chi connectivity index (χ2v) is 35.3. The number of carbonyl (C=O) groups excluding carboxylic acids is 6. The smallest absolute Gasteiger partial charge is 0.329 e. The van der Waals surface area contributed by atoms with Crippen LogP contribution >= 0.6 is 0 Å². The molecule has 700 valence electrons. The highest BCUT2D eigenvalue weighted by Crippen LogP contribution is 2.40. The van der Waals surface area contributed by atoms with Crippen molar-refractivity contribution in [2.24, 2.45) is 35.5 Å². The number of oxazole rings is 1. The van der Waals surface area contributed by atoms with E-state index in [4.69, 9.17) is 68.8 Å². The summed E-state index contributed by atoms with van der Waals surface area (Å²) in [5, 5.41) is 62.6. The number of hydrogen-bond donors (Lipinski definition) is 7. The molecule has 4 aliphatic heterocycles. The number of unbranched alkanes of at least 4 members (excludes halogenated alkanes) is 1. The van der Waals surface area contributed by atoms with Gasteiger partial charge in [-0.15, -0.1) is 5.10 Å². The Morgan fingerprint density at radius 2 is 1.57 bits per heavy atom. The first-order valence-corrected chi connectivity index (χ1v) is 45.5. The monoisotopic (exact) mass is 1790 g/mol. The molecule has 35 nitrogen and oxygen atoms in total. The SMILES string of the molecule is CO[C@H]1C[C@@H]2CC[C@@H](C)[C@@](O)(O2)C(=O)C(=O)N2CCCC[C@H]2C(=O)O[C@H]([C@H](C)C[C@@H]2CC[C@@H](OCc3cccc(-c4cnc(N5CCN(Cc6cn(CCOCCOCCOCCC(=O)NCCCCn7nc(-c8ccc9oc(N)nc9c8)c8c(N)ncnc87)nn6)C(CO)C5)nc4)c3)[C@H](OC)C2)CC(=O)[C@H](C)/C=C(\C)[C@@H](O)[C@@H](O)C(=O)[C@H](C)C[C@H](C)/C=C/C=C/C=C/1C. The molecule has 129 heavy (non-hydrogen) atoms. The van der Waals surface area contributed by atoms with Crippen molar-refractivity contribution in [1.29, 1.82) is 0 Å². The van der Waals surface area contributed by atoms with E-state index in [-0.39, 0.29) is 98.8 Å². The molecule has 5 aromatic heterocycles. The van der Waals surface area contributed by atoms with Crippen molar-refractivity contribution < 1.29 is 91.5 Å². The molecule has 7 aromatic rings. The van der Waals surface area contributed by atoms with Crippen molar-refractivity contribution in [2.45, 2.75) is 232 Å². The molecule has 2 bridgehead atoms. The highest BCUT2D eigenvalue weighted by atomic mass is 16.6. The number of nitrogens with one attached hydrogen (secondary N) is 1. The number of ketones is 3. The third-order valence-corrected chi connectivity index (χ3v) is 25.7. The van der Waals surface area contributed by atoms with Gasteiger partial charge in [-0.05, 0) is 155 Å². The van der Waals surface area contributed by atoms with Gasteiger partial charge in [-0.25, -0.2) is 34.1 Å². The van der Waals surface area contributed by atoms with Crippen molar-refractivity contribution in [1.82, 2.24) is 64.8 Å². The Kier molecular flexibility index (Phi) is 35.9. The fraction of sp³-hybridized carbons (Fsp3) is 0.596. The quantitative estimate of drug-likeness (QED) is 0.00924. The Hall–Kier alpha value is -10.0. The number of piperazine rings is 1. The van der Waals surface area contributed by atoms with Gasteiger partial charge < -0.3 is 89.3 Å². The summed E-state index contributed by atoms with van der Waals surface area (Å²) in [4.78, 5) is 113. The van der Waals surface area contributed by atoms with E-state index < -0.39 is 89.5 Å². The number of nitrogen functional groups attached to an aromatic ring is 2. The largest absolute Gasteiger partial charge is 0.460 e. The minimum absolute atomic E-state index is 0.0441. The lowest BCUT2D eigenvalue weighted by atomic mass is 9.78. The first kappa shape index (κ1) is 98.0. The van der Waals surface area contributed by atoms with Gasteiger partial charge in [0.25, 0.3) is 17.7 Å². The Labute approximate surface area is 753 Å². The molecular formula is C94H130N16O19. The first-order chi connectivity index (χ1) is 62.2. The van der Waals surface area contributed by atoms with E-state index in [2.05, 4.69) is 46.4 Å². The number of carbonyl (C=O) groups is 6. The first-order valence-electron chi connectivity index (χ1n) is 45.5. The summed E-state index contributed by atoms with van der Waals surface area (Å²) < 4.78 is 57.5. The number of Topliss-reactive ketones (excluding diaryl/α,β-unsaturated/α-hetero) is 3. The summed E-state index contributed by atoms with van der Waals surface area (Å²) in [6, 6.07) is 12.2. The fourth-order valence-electron chi connectivity index (χ4n) is 18.0. The van der Waals surface area contributed by atoms with Gasteiger partial charge in [0.05, 0.1) is 101 Å². The van der Waals surface area contributed by atoms with E-state index in [1.807, 2.05) is 87.7 Å². The predicted octanol–water partition coefficient (Wildman–Crippen LogP) is 8.63. The van der Waals surface area contributed by atoms with Crippen molar-refractivity contribution in [3.05, 3.63) is 126 Å². The minimum atomic E-state index is -2.48. The molecule has 1 aliphatic carbocycles. The molecule has 2 amide bonds. The molecule has 9 N–H and O–H groups in total. The molecule has 5 aliphatic rings. The van der Waals surface area contributed by atoms with Crippen LogP contribution in [-0.4, -0.2) is 269 Å². The minimum Gasteiger partial charge on any atom is -0.460 e. The lowest BCUT2D eigenvalue weighted by molar-refractivity contribution is -0.265. The fourth-order valence-corrected chi connectivity index (χ4v) is 18.0. The van der Waals surface area contributed by atoms with Gasteiger partial charge in [-0.3, -0.25) is 28.9 Å². The molecule has 0 spiro atoms. The number of amides is 2. The third kappa shape index (κ3) is 26.2. The van der Waals surface area contributed by atoms with Crippen LogP contribution in [0.5, 0.6) is 0 Å². The topological polar surface area (TPSA) is 457 Å². The number of ether oxygens (including phenoxy) is 8. The number of aliphatic hydroxyl groups is 4. The van der Waals surface area contributed by atoms with Crippen LogP contribution in [0.2, 0.25) is 0 Å². The highest BCUT2D eigenvalue weighted by molar-refractivity contribution is 6.39. The van der Waals surface area contributed by atoms with Crippen molar-refractivity contribution in [3.8, 4) is 22.4 Å². The van der Waals surface area contributed by atoms with Gasteiger partial charge in [0.15, 0.2) is 17.0 Å². The maximum Gasteiger partial charge on any atom is 0.329 e. The molecule has 2 aromatic carbocycles. The van der Waals surface area contributed by atoms with Crippen molar-refractivity contribution in [3.63, 3.8) is 0 Å². The van der Waals surface area contributed by atoms with E-state index in [0.29, 0.717) is 176 Å². The number of benzene rings is 2. The molecule has 16 atom stereocenters. The number of esters is 1. The summed E-state index contributed by atoms with van der Waals surface area (Å²) >= 11 is 0. The number of allylic oxidation sites excluding steroid dienone is 6. The molecule has 9 heterocycles. The molecule has 3 saturated heterocycles. The van der Waals surface area contributed by atoms with Crippen LogP contribution in [0.4, 0.5) is 17.8 Å². The number of fused-ring (bicyclic) bond motifs is 5. The van der Waals surface area contributed by atoms with E-state index in [1.54, 1.807) is 69.7 Å². The van der Waals surface area contributed by atoms with E-state index in [1.165, 1.54) is 17.3 Å². The number of anilines is 3. The molecule has 35 heteroatoms. The van der Waals surface area contributed by atoms with Crippen LogP contribution < -0.4 is 21.7 Å². The highest BCUT2D eigenvalue weighted by Gasteiger charge is 2.53.